The molecule has 0 aromatic carbocycles. The molecule has 0 aromatic heterocycles. The Bertz CT molecular complexity index is 182. The van der Waals surface area contributed by atoms with Crippen LogP contribution in [-0.2, 0) is 4.79 Å². The number of ketones is 1. The maximum Gasteiger partial charge on any atom is 0.143 e. The summed E-state index contributed by atoms with van der Waals surface area (Å²) in [5, 5.41) is 9.05. The van der Waals surface area contributed by atoms with Gasteiger partial charge in [-0.1, -0.05) is 6.92 Å². The van der Waals surface area contributed by atoms with Crippen molar-refractivity contribution in [3.8, 4) is 0 Å². The molecule has 3 heteroatoms. The molecule has 2 unspecified atom stereocenters. The second kappa shape index (κ2) is 4.72. The third-order valence-corrected chi connectivity index (χ3v) is 2.53. The van der Waals surface area contributed by atoms with Crippen LogP contribution in [0, 0.1) is 11.8 Å². The number of Topliss-reactive ketones (excluding diaryl/α,β-unsaturated/α-hetero) is 1. The van der Waals surface area contributed by atoms with Crippen LogP contribution in [0.1, 0.15) is 20.3 Å². The number of hydrogen-bond acceptors (Lipinski definition) is 3. The molecule has 2 atom stereocenters. The Morgan fingerprint density at radius 1 is 1.54 bits per heavy atom. The van der Waals surface area contributed by atoms with Gasteiger partial charge in [-0.15, -0.1) is 0 Å². The molecule has 1 N–H and O–H groups in total. The molecule has 3 nitrogen and oxygen atoms in total. The third kappa shape index (κ3) is 3.44. The van der Waals surface area contributed by atoms with Crippen LogP contribution < -0.4 is 0 Å². The smallest absolute Gasteiger partial charge is 0.143 e. The van der Waals surface area contributed by atoms with Crippen LogP contribution in [0.3, 0.4) is 0 Å². The molecular formula is C10H19NO2. The van der Waals surface area contributed by atoms with Crippen molar-refractivity contribution < 1.29 is 9.90 Å². The van der Waals surface area contributed by atoms with Gasteiger partial charge in [-0.05, 0) is 25.2 Å². The average molecular weight is 185 g/mol. The number of likely N-dealkylation sites (tertiary alicyclic amines) is 1. The quantitative estimate of drug-likeness (QED) is 0.697. The number of aliphatic hydroxyl groups excluding tert-OH is 1. The van der Waals surface area contributed by atoms with Crippen molar-refractivity contribution in [3.63, 3.8) is 0 Å². The molecule has 0 radical (unpaired) electrons. The van der Waals surface area contributed by atoms with E-state index >= 15 is 0 Å². The number of aliphatic hydroxyl groups is 1. The van der Waals surface area contributed by atoms with Crippen molar-refractivity contribution in [2.24, 2.45) is 11.8 Å². The van der Waals surface area contributed by atoms with Crippen LogP contribution >= 0.6 is 0 Å². The van der Waals surface area contributed by atoms with Crippen LogP contribution in [0.5, 0.6) is 0 Å². The van der Waals surface area contributed by atoms with E-state index in [1.807, 2.05) is 0 Å². The van der Waals surface area contributed by atoms with Crippen LogP contribution in [0.4, 0.5) is 0 Å². The fourth-order valence-corrected chi connectivity index (χ4v) is 2.17. The summed E-state index contributed by atoms with van der Waals surface area (Å²) >= 11 is 0. The van der Waals surface area contributed by atoms with Gasteiger partial charge in [0.2, 0.25) is 0 Å². The Hall–Kier alpha value is -0.410. The van der Waals surface area contributed by atoms with Crippen molar-refractivity contribution in [3.05, 3.63) is 0 Å². The standard InChI is InChI=1S/C10H19NO2/c1-8-3-10(7-12)6-11(4-8)5-9(2)13/h8,10,12H,3-7H2,1-2H3. The second-order valence-corrected chi connectivity index (χ2v) is 4.29. The first-order valence-corrected chi connectivity index (χ1v) is 4.94. The van der Waals surface area contributed by atoms with E-state index in [0.29, 0.717) is 18.4 Å². The van der Waals surface area contributed by atoms with Gasteiger partial charge in [0.1, 0.15) is 5.78 Å². The van der Waals surface area contributed by atoms with Gasteiger partial charge in [-0.3, -0.25) is 9.69 Å². The summed E-state index contributed by atoms with van der Waals surface area (Å²) < 4.78 is 0. The van der Waals surface area contributed by atoms with Gasteiger partial charge in [-0.25, -0.2) is 0 Å². The molecule has 0 spiro atoms. The lowest BCUT2D eigenvalue weighted by molar-refractivity contribution is -0.118. The molecule has 1 rings (SSSR count). The van der Waals surface area contributed by atoms with Crippen molar-refractivity contribution in [1.29, 1.82) is 0 Å². The topological polar surface area (TPSA) is 40.5 Å². The maximum absolute atomic E-state index is 10.9. The number of carbonyl (C=O) groups excluding carboxylic acids is 1. The fourth-order valence-electron chi connectivity index (χ4n) is 2.17. The predicted molar refractivity (Wildman–Crippen MR) is 51.5 cm³/mol. The first-order chi connectivity index (χ1) is 6.11. The fraction of sp³-hybridized carbons (Fsp3) is 0.900. The molecule has 0 saturated carbocycles. The van der Waals surface area contributed by atoms with Crippen molar-refractivity contribution in [2.45, 2.75) is 20.3 Å². The number of piperidine rings is 1. The Morgan fingerprint density at radius 2 is 2.23 bits per heavy atom. The molecule has 1 aliphatic heterocycles. The molecule has 1 heterocycles. The minimum atomic E-state index is 0.214. The molecule has 1 aliphatic rings. The van der Waals surface area contributed by atoms with E-state index < -0.39 is 0 Å². The van der Waals surface area contributed by atoms with E-state index in [4.69, 9.17) is 5.11 Å². The zero-order valence-electron chi connectivity index (χ0n) is 8.49. The average Bonchev–Trinajstić information content (AvgIpc) is 2.01. The normalized spacial score (nSPS) is 30.4. The summed E-state index contributed by atoms with van der Waals surface area (Å²) in [6.07, 6.45) is 1.09. The van der Waals surface area contributed by atoms with E-state index in [9.17, 15) is 4.79 Å². The van der Waals surface area contributed by atoms with Gasteiger partial charge in [0.05, 0.1) is 6.54 Å². The van der Waals surface area contributed by atoms with E-state index in [0.717, 1.165) is 19.5 Å². The van der Waals surface area contributed by atoms with Gasteiger partial charge in [0, 0.05) is 19.7 Å². The summed E-state index contributed by atoms with van der Waals surface area (Å²) in [6, 6.07) is 0. The largest absolute Gasteiger partial charge is 0.396 e. The summed E-state index contributed by atoms with van der Waals surface area (Å²) in [5.41, 5.74) is 0. The zero-order valence-corrected chi connectivity index (χ0v) is 8.49. The predicted octanol–water partition coefficient (Wildman–Crippen LogP) is 0.526. The Kier molecular flexibility index (Phi) is 3.88. The van der Waals surface area contributed by atoms with Crippen LogP contribution in [0.2, 0.25) is 0 Å². The van der Waals surface area contributed by atoms with Crippen molar-refractivity contribution in [2.75, 3.05) is 26.2 Å². The SMILES string of the molecule is CC(=O)CN1CC(C)CC(CO)C1. The first kappa shape index (κ1) is 10.7. The highest BCUT2D eigenvalue weighted by molar-refractivity contribution is 5.77. The van der Waals surface area contributed by atoms with E-state index in [2.05, 4.69) is 11.8 Å². The van der Waals surface area contributed by atoms with Crippen LogP contribution in [0.15, 0.2) is 0 Å². The molecule has 76 valence electrons. The monoisotopic (exact) mass is 185 g/mol. The lowest BCUT2D eigenvalue weighted by Crippen LogP contribution is -2.42. The summed E-state index contributed by atoms with van der Waals surface area (Å²) in [5.74, 6) is 1.18. The molecule has 0 bridgehead atoms. The number of carbonyl (C=O) groups is 1. The molecule has 0 amide bonds. The minimum absolute atomic E-state index is 0.214. The zero-order chi connectivity index (χ0) is 9.84. The van der Waals surface area contributed by atoms with Gasteiger partial charge >= 0.3 is 0 Å². The molecular weight excluding hydrogens is 166 g/mol. The molecule has 1 saturated heterocycles. The summed E-state index contributed by atoms with van der Waals surface area (Å²) in [6.45, 7) is 6.46. The van der Waals surface area contributed by atoms with Crippen molar-refractivity contribution >= 4 is 5.78 Å². The van der Waals surface area contributed by atoms with Gasteiger partial charge in [-0.2, -0.15) is 0 Å². The number of hydrogen-bond donors (Lipinski definition) is 1. The van der Waals surface area contributed by atoms with E-state index in [1.54, 1.807) is 6.92 Å². The van der Waals surface area contributed by atoms with Crippen LogP contribution in [0.25, 0.3) is 0 Å². The number of nitrogens with zero attached hydrogens (tertiary/aromatic N) is 1. The molecule has 13 heavy (non-hydrogen) atoms. The lowest BCUT2D eigenvalue weighted by Gasteiger charge is -2.35. The lowest BCUT2D eigenvalue weighted by atomic mass is 9.91. The van der Waals surface area contributed by atoms with E-state index in [1.165, 1.54) is 0 Å². The third-order valence-electron chi connectivity index (χ3n) is 2.53. The highest BCUT2D eigenvalue weighted by Crippen LogP contribution is 2.20. The van der Waals surface area contributed by atoms with E-state index in [-0.39, 0.29) is 12.4 Å². The second-order valence-electron chi connectivity index (χ2n) is 4.29. The minimum Gasteiger partial charge on any atom is -0.396 e. The van der Waals surface area contributed by atoms with Gasteiger partial charge < -0.3 is 5.11 Å². The Labute approximate surface area is 79.7 Å². The van der Waals surface area contributed by atoms with Gasteiger partial charge in [0.15, 0.2) is 0 Å². The van der Waals surface area contributed by atoms with Crippen molar-refractivity contribution in [1.82, 2.24) is 4.90 Å². The van der Waals surface area contributed by atoms with Crippen LogP contribution in [-0.4, -0.2) is 42.0 Å². The van der Waals surface area contributed by atoms with Gasteiger partial charge in [0.25, 0.3) is 0 Å². The highest BCUT2D eigenvalue weighted by Gasteiger charge is 2.24. The Balaban J connectivity index is 2.42. The maximum atomic E-state index is 10.9. The summed E-state index contributed by atoms with van der Waals surface area (Å²) in [7, 11) is 0. The summed E-state index contributed by atoms with van der Waals surface area (Å²) in [4.78, 5) is 13.1. The Morgan fingerprint density at radius 3 is 2.77 bits per heavy atom. The highest BCUT2D eigenvalue weighted by atomic mass is 16.3. The molecule has 0 aliphatic carbocycles. The number of rotatable bonds is 3. The first-order valence-electron chi connectivity index (χ1n) is 4.94. The molecule has 1 fully saturated rings. The molecule has 0 aromatic rings.